The number of rotatable bonds is 4. The SMILES string of the molecule is Cc1c(C(=O)NCCCI)cnn1C. The van der Waals surface area contributed by atoms with E-state index in [0.29, 0.717) is 5.56 Å². The first kappa shape index (κ1) is 11.5. The number of carbonyl (C=O) groups excluding carboxylic acids is 1. The van der Waals surface area contributed by atoms with Gasteiger partial charge in [0.15, 0.2) is 0 Å². The smallest absolute Gasteiger partial charge is 0.254 e. The molecule has 1 aromatic heterocycles. The second-order valence-corrected chi connectivity index (χ2v) is 4.14. The van der Waals surface area contributed by atoms with Crippen LogP contribution >= 0.6 is 22.6 Å². The van der Waals surface area contributed by atoms with Gasteiger partial charge in [-0.3, -0.25) is 9.48 Å². The second kappa shape index (κ2) is 5.33. The summed E-state index contributed by atoms with van der Waals surface area (Å²) in [5.41, 5.74) is 1.57. The van der Waals surface area contributed by atoms with Crippen LogP contribution in [0.4, 0.5) is 0 Å². The van der Waals surface area contributed by atoms with Gasteiger partial charge in [-0.2, -0.15) is 5.10 Å². The zero-order valence-corrected chi connectivity index (χ0v) is 10.5. The Kier molecular flexibility index (Phi) is 4.37. The molecule has 1 rings (SSSR count). The van der Waals surface area contributed by atoms with Gasteiger partial charge in [0, 0.05) is 23.7 Å². The molecule has 4 nitrogen and oxygen atoms in total. The van der Waals surface area contributed by atoms with E-state index in [-0.39, 0.29) is 5.91 Å². The van der Waals surface area contributed by atoms with Crippen LogP contribution in [0, 0.1) is 6.92 Å². The minimum Gasteiger partial charge on any atom is -0.352 e. The van der Waals surface area contributed by atoms with Gasteiger partial charge >= 0.3 is 0 Å². The molecule has 0 aliphatic heterocycles. The summed E-state index contributed by atoms with van der Waals surface area (Å²) in [7, 11) is 1.83. The Morgan fingerprint density at radius 1 is 1.71 bits per heavy atom. The molecule has 0 bridgehead atoms. The largest absolute Gasteiger partial charge is 0.352 e. The Morgan fingerprint density at radius 3 is 2.93 bits per heavy atom. The summed E-state index contributed by atoms with van der Waals surface area (Å²) in [5.74, 6) is -0.0274. The van der Waals surface area contributed by atoms with Crippen LogP contribution in [0.5, 0.6) is 0 Å². The maximum absolute atomic E-state index is 11.6. The highest BCUT2D eigenvalue weighted by Gasteiger charge is 2.11. The van der Waals surface area contributed by atoms with Crippen molar-refractivity contribution < 1.29 is 4.79 Å². The maximum atomic E-state index is 11.6. The summed E-state index contributed by atoms with van der Waals surface area (Å²) in [4.78, 5) is 11.6. The average molecular weight is 307 g/mol. The molecule has 0 unspecified atom stereocenters. The third-order valence-electron chi connectivity index (χ3n) is 2.08. The molecule has 1 amide bonds. The van der Waals surface area contributed by atoms with Gasteiger partial charge in [0.25, 0.3) is 5.91 Å². The molecule has 0 aliphatic carbocycles. The zero-order valence-electron chi connectivity index (χ0n) is 8.38. The number of aryl methyl sites for hydroxylation is 1. The molecular formula is C9H14IN3O. The lowest BCUT2D eigenvalue weighted by Crippen LogP contribution is -2.25. The number of alkyl halides is 1. The van der Waals surface area contributed by atoms with Gasteiger partial charge in [-0.1, -0.05) is 22.6 Å². The van der Waals surface area contributed by atoms with E-state index in [0.717, 1.165) is 23.1 Å². The molecule has 78 valence electrons. The highest BCUT2D eigenvalue weighted by atomic mass is 127. The highest BCUT2D eigenvalue weighted by molar-refractivity contribution is 14.1. The van der Waals surface area contributed by atoms with Gasteiger partial charge in [0.2, 0.25) is 0 Å². The molecule has 0 fully saturated rings. The van der Waals surface area contributed by atoms with Crippen molar-refractivity contribution in [1.29, 1.82) is 0 Å². The summed E-state index contributed by atoms with van der Waals surface area (Å²) in [6.07, 6.45) is 2.61. The molecule has 0 atom stereocenters. The van der Waals surface area contributed by atoms with Gasteiger partial charge in [0.1, 0.15) is 0 Å². The van der Waals surface area contributed by atoms with Crippen LogP contribution in [-0.4, -0.2) is 26.7 Å². The predicted octanol–water partition coefficient (Wildman–Crippen LogP) is 1.28. The Balaban J connectivity index is 2.56. The summed E-state index contributed by atoms with van der Waals surface area (Å²) < 4.78 is 2.76. The standard InChI is InChI=1S/C9H14IN3O/c1-7-8(6-12-13(7)2)9(14)11-5-3-4-10/h6H,3-5H2,1-2H3,(H,11,14). The molecular weight excluding hydrogens is 293 g/mol. The molecule has 0 saturated heterocycles. The maximum Gasteiger partial charge on any atom is 0.254 e. The van der Waals surface area contributed by atoms with E-state index in [1.54, 1.807) is 10.9 Å². The first-order valence-electron chi connectivity index (χ1n) is 4.49. The van der Waals surface area contributed by atoms with Crippen molar-refractivity contribution in [3.05, 3.63) is 17.5 Å². The lowest BCUT2D eigenvalue weighted by Gasteiger charge is -2.02. The van der Waals surface area contributed by atoms with E-state index in [1.807, 2.05) is 14.0 Å². The number of carbonyl (C=O) groups is 1. The van der Waals surface area contributed by atoms with Crippen molar-refractivity contribution in [2.45, 2.75) is 13.3 Å². The molecule has 1 heterocycles. The third-order valence-corrected chi connectivity index (χ3v) is 2.84. The summed E-state index contributed by atoms with van der Waals surface area (Å²) in [6.45, 7) is 2.62. The van der Waals surface area contributed by atoms with Crippen LogP contribution in [0.15, 0.2) is 6.20 Å². The minimum atomic E-state index is -0.0274. The number of nitrogens with one attached hydrogen (secondary N) is 1. The first-order chi connectivity index (χ1) is 6.66. The number of hydrogen-bond acceptors (Lipinski definition) is 2. The van der Waals surface area contributed by atoms with Crippen molar-refractivity contribution in [2.75, 3.05) is 11.0 Å². The third kappa shape index (κ3) is 2.70. The van der Waals surface area contributed by atoms with Crippen molar-refractivity contribution >= 4 is 28.5 Å². The molecule has 5 heteroatoms. The van der Waals surface area contributed by atoms with Crippen LogP contribution in [0.25, 0.3) is 0 Å². The van der Waals surface area contributed by atoms with Gasteiger partial charge in [-0.25, -0.2) is 0 Å². The predicted molar refractivity (Wildman–Crippen MR) is 63.8 cm³/mol. The van der Waals surface area contributed by atoms with E-state index in [2.05, 4.69) is 33.0 Å². The van der Waals surface area contributed by atoms with E-state index >= 15 is 0 Å². The Morgan fingerprint density at radius 2 is 2.43 bits per heavy atom. The fraction of sp³-hybridized carbons (Fsp3) is 0.556. The van der Waals surface area contributed by atoms with Gasteiger partial charge in [-0.05, 0) is 13.3 Å². The number of hydrogen-bond donors (Lipinski definition) is 1. The molecule has 0 aromatic carbocycles. The Hall–Kier alpha value is -0.590. The number of halogens is 1. The summed E-state index contributed by atoms with van der Waals surface area (Å²) in [6, 6.07) is 0. The zero-order chi connectivity index (χ0) is 10.6. The first-order valence-corrected chi connectivity index (χ1v) is 6.02. The van der Waals surface area contributed by atoms with Gasteiger partial charge in [0.05, 0.1) is 11.8 Å². The van der Waals surface area contributed by atoms with Crippen LogP contribution in [0.3, 0.4) is 0 Å². The summed E-state index contributed by atoms with van der Waals surface area (Å²) >= 11 is 2.29. The minimum absolute atomic E-state index is 0.0274. The molecule has 0 aliphatic rings. The second-order valence-electron chi connectivity index (χ2n) is 3.07. The van der Waals surface area contributed by atoms with Crippen LogP contribution < -0.4 is 5.32 Å². The van der Waals surface area contributed by atoms with Crippen molar-refractivity contribution in [3.8, 4) is 0 Å². The highest BCUT2D eigenvalue weighted by Crippen LogP contribution is 2.04. The molecule has 1 N–H and O–H groups in total. The molecule has 0 radical (unpaired) electrons. The van der Waals surface area contributed by atoms with Gasteiger partial charge in [-0.15, -0.1) is 0 Å². The van der Waals surface area contributed by atoms with Crippen molar-refractivity contribution in [1.82, 2.24) is 15.1 Å². The van der Waals surface area contributed by atoms with Gasteiger partial charge < -0.3 is 5.32 Å². The molecule has 14 heavy (non-hydrogen) atoms. The Labute approximate surface area is 97.2 Å². The van der Waals surface area contributed by atoms with Crippen LogP contribution in [0.2, 0.25) is 0 Å². The molecule has 0 saturated carbocycles. The normalized spacial score (nSPS) is 10.2. The van der Waals surface area contributed by atoms with Crippen LogP contribution in [-0.2, 0) is 7.05 Å². The van der Waals surface area contributed by atoms with Crippen molar-refractivity contribution in [2.24, 2.45) is 7.05 Å². The average Bonchev–Trinajstić information content (AvgIpc) is 2.48. The van der Waals surface area contributed by atoms with Crippen LogP contribution in [0.1, 0.15) is 22.5 Å². The lowest BCUT2D eigenvalue weighted by atomic mass is 10.2. The topological polar surface area (TPSA) is 46.9 Å². The van der Waals surface area contributed by atoms with E-state index in [1.165, 1.54) is 0 Å². The monoisotopic (exact) mass is 307 g/mol. The lowest BCUT2D eigenvalue weighted by molar-refractivity contribution is 0.0953. The van der Waals surface area contributed by atoms with E-state index in [9.17, 15) is 4.79 Å². The number of nitrogens with zero attached hydrogens (tertiary/aromatic N) is 2. The van der Waals surface area contributed by atoms with E-state index < -0.39 is 0 Å². The fourth-order valence-electron chi connectivity index (χ4n) is 1.09. The van der Waals surface area contributed by atoms with Crippen molar-refractivity contribution in [3.63, 3.8) is 0 Å². The summed E-state index contributed by atoms with van der Waals surface area (Å²) in [5, 5.41) is 6.88. The number of aromatic nitrogens is 2. The number of amides is 1. The Bertz CT molecular complexity index is 322. The van der Waals surface area contributed by atoms with E-state index in [4.69, 9.17) is 0 Å². The molecule has 1 aromatic rings. The fourth-order valence-corrected chi connectivity index (χ4v) is 1.47. The molecule has 0 spiro atoms. The quantitative estimate of drug-likeness (QED) is 0.517.